The zero-order valence-corrected chi connectivity index (χ0v) is 13.6. The SMILES string of the molecule is CCCOc1cc(N)cc(N(C)CC(=O)N(CC)CC)c1. The van der Waals surface area contributed by atoms with Crippen LogP contribution in [0.25, 0.3) is 0 Å². The Morgan fingerprint density at radius 3 is 2.43 bits per heavy atom. The first-order chi connectivity index (χ1) is 10.0. The van der Waals surface area contributed by atoms with Crippen molar-refractivity contribution in [1.82, 2.24) is 4.90 Å². The number of nitrogens with zero attached hydrogens (tertiary/aromatic N) is 2. The van der Waals surface area contributed by atoms with Gasteiger partial charge in [-0.25, -0.2) is 0 Å². The quantitative estimate of drug-likeness (QED) is 0.748. The van der Waals surface area contributed by atoms with Crippen molar-refractivity contribution in [2.75, 3.05) is 43.9 Å². The molecular weight excluding hydrogens is 266 g/mol. The summed E-state index contributed by atoms with van der Waals surface area (Å²) >= 11 is 0. The number of hydrogen-bond donors (Lipinski definition) is 1. The van der Waals surface area contributed by atoms with E-state index in [2.05, 4.69) is 6.92 Å². The molecule has 0 atom stereocenters. The molecule has 0 saturated heterocycles. The Morgan fingerprint density at radius 1 is 1.19 bits per heavy atom. The highest BCUT2D eigenvalue weighted by Crippen LogP contribution is 2.25. The molecular formula is C16H27N3O2. The lowest BCUT2D eigenvalue weighted by molar-refractivity contribution is -0.129. The minimum atomic E-state index is 0.112. The van der Waals surface area contributed by atoms with Crippen LogP contribution in [0.3, 0.4) is 0 Å². The van der Waals surface area contributed by atoms with Gasteiger partial charge in [0.15, 0.2) is 0 Å². The van der Waals surface area contributed by atoms with Crippen molar-refractivity contribution < 1.29 is 9.53 Å². The zero-order chi connectivity index (χ0) is 15.8. The lowest BCUT2D eigenvalue weighted by Gasteiger charge is -2.25. The molecule has 118 valence electrons. The summed E-state index contributed by atoms with van der Waals surface area (Å²) in [5.74, 6) is 0.856. The number of likely N-dealkylation sites (N-methyl/N-ethyl adjacent to an activating group) is 2. The monoisotopic (exact) mass is 293 g/mol. The third kappa shape index (κ3) is 5.17. The number of hydrogen-bond acceptors (Lipinski definition) is 4. The summed E-state index contributed by atoms with van der Waals surface area (Å²) in [4.78, 5) is 15.9. The van der Waals surface area contributed by atoms with E-state index in [1.165, 1.54) is 0 Å². The fourth-order valence-corrected chi connectivity index (χ4v) is 2.10. The van der Waals surface area contributed by atoms with Crippen molar-refractivity contribution >= 4 is 17.3 Å². The van der Waals surface area contributed by atoms with Crippen LogP contribution < -0.4 is 15.4 Å². The molecule has 0 bridgehead atoms. The topological polar surface area (TPSA) is 58.8 Å². The first-order valence-electron chi connectivity index (χ1n) is 7.54. The molecule has 2 N–H and O–H groups in total. The van der Waals surface area contributed by atoms with E-state index in [0.717, 1.165) is 30.9 Å². The van der Waals surface area contributed by atoms with E-state index in [4.69, 9.17) is 10.5 Å². The molecule has 0 saturated carbocycles. The molecule has 0 unspecified atom stereocenters. The van der Waals surface area contributed by atoms with Crippen LogP contribution in [-0.2, 0) is 4.79 Å². The molecule has 1 aromatic carbocycles. The number of rotatable bonds is 8. The zero-order valence-electron chi connectivity index (χ0n) is 13.6. The Bertz CT molecular complexity index is 459. The molecule has 21 heavy (non-hydrogen) atoms. The van der Waals surface area contributed by atoms with Crippen LogP contribution in [0.2, 0.25) is 0 Å². The number of ether oxygens (including phenoxy) is 1. The average Bonchev–Trinajstić information content (AvgIpc) is 2.45. The summed E-state index contributed by atoms with van der Waals surface area (Å²) < 4.78 is 5.62. The number of nitrogen functional groups attached to an aromatic ring is 1. The summed E-state index contributed by atoms with van der Waals surface area (Å²) in [5.41, 5.74) is 7.44. The molecule has 0 aliphatic carbocycles. The van der Waals surface area contributed by atoms with E-state index in [9.17, 15) is 4.79 Å². The highest BCUT2D eigenvalue weighted by molar-refractivity contribution is 5.81. The molecule has 0 fully saturated rings. The number of anilines is 2. The third-order valence-electron chi connectivity index (χ3n) is 3.32. The second kappa shape index (κ2) is 8.39. The molecule has 0 spiro atoms. The van der Waals surface area contributed by atoms with Gasteiger partial charge in [-0.3, -0.25) is 4.79 Å². The van der Waals surface area contributed by atoms with Crippen LogP contribution in [0.15, 0.2) is 18.2 Å². The summed E-state index contributed by atoms with van der Waals surface area (Å²) in [6, 6.07) is 5.58. The molecule has 0 aliphatic heterocycles. The van der Waals surface area contributed by atoms with Crippen LogP contribution >= 0.6 is 0 Å². The molecule has 0 aliphatic rings. The van der Waals surface area contributed by atoms with Crippen molar-refractivity contribution in [3.63, 3.8) is 0 Å². The van der Waals surface area contributed by atoms with Gasteiger partial charge in [-0.1, -0.05) is 6.92 Å². The average molecular weight is 293 g/mol. The highest BCUT2D eigenvalue weighted by atomic mass is 16.5. The summed E-state index contributed by atoms with van der Waals surface area (Å²) in [6.07, 6.45) is 0.945. The number of carbonyl (C=O) groups is 1. The molecule has 1 rings (SSSR count). The van der Waals surface area contributed by atoms with Crippen molar-refractivity contribution in [3.8, 4) is 5.75 Å². The number of nitrogens with two attached hydrogens (primary N) is 1. The van der Waals surface area contributed by atoms with Gasteiger partial charge in [0, 0.05) is 43.6 Å². The minimum absolute atomic E-state index is 0.112. The predicted molar refractivity (Wildman–Crippen MR) is 87.8 cm³/mol. The van der Waals surface area contributed by atoms with E-state index < -0.39 is 0 Å². The number of carbonyl (C=O) groups excluding carboxylic acids is 1. The molecule has 5 nitrogen and oxygen atoms in total. The van der Waals surface area contributed by atoms with E-state index in [1.54, 1.807) is 6.07 Å². The van der Waals surface area contributed by atoms with Gasteiger partial charge in [0.25, 0.3) is 0 Å². The maximum atomic E-state index is 12.2. The van der Waals surface area contributed by atoms with Crippen LogP contribution in [0.4, 0.5) is 11.4 Å². The Balaban J connectivity index is 2.79. The third-order valence-corrected chi connectivity index (χ3v) is 3.32. The van der Waals surface area contributed by atoms with Crippen LogP contribution in [0.1, 0.15) is 27.2 Å². The first-order valence-corrected chi connectivity index (χ1v) is 7.54. The highest BCUT2D eigenvalue weighted by Gasteiger charge is 2.13. The van der Waals surface area contributed by atoms with Gasteiger partial charge in [0.05, 0.1) is 13.2 Å². The molecule has 5 heteroatoms. The van der Waals surface area contributed by atoms with Gasteiger partial charge < -0.3 is 20.3 Å². The van der Waals surface area contributed by atoms with E-state index in [-0.39, 0.29) is 5.91 Å². The van der Waals surface area contributed by atoms with Gasteiger partial charge in [-0.15, -0.1) is 0 Å². The van der Waals surface area contributed by atoms with Gasteiger partial charge in [0.1, 0.15) is 5.75 Å². The lowest BCUT2D eigenvalue weighted by Crippen LogP contribution is -2.38. The lowest BCUT2D eigenvalue weighted by atomic mass is 10.2. The fraction of sp³-hybridized carbons (Fsp3) is 0.562. The van der Waals surface area contributed by atoms with Crippen LogP contribution in [0.5, 0.6) is 5.75 Å². The number of benzene rings is 1. The molecule has 1 amide bonds. The maximum absolute atomic E-state index is 12.2. The predicted octanol–water partition coefficient (Wildman–Crippen LogP) is 2.36. The molecule has 1 aromatic rings. The summed E-state index contributed by atoms with van der Waals surface area (Å²) in [5, 5.41) is 0. The van der Waals surface area contributed by atoms with E-state index in [1.807, 2.05) is 42.8 Å². The van der Waals surface area contributed by atoms with Crippen molar-refractivity contribution in [1.29, 1.82) is 0 Å². The first kappa shape index (κ1) is 17.1. The minimum Gasteiger partial charge on any atom is -0.493 e. The fourth-order valence-electron chi connectivity index (χ4n) is 2.10. The normalized spacial score (nSPS) is 10.3. The maximum Gasteiger partial charge on any atom is 0.242 e. The van der Waals surface area contributed by atoms with Gasteiger partial charge in [-0.05, 0) is 26.3 Å². The van der Waals surface area contributed by atoms with Gasteiger partial charge >= 0.3 is 0 Å². The van der Waals surface area contributed by atoms with Crippen molar-refractivity contribution in [3.05, 3.63) is 18.2 Å². The summed E-state index contributed by atoms with van der Waals surface area (Å²) in [6.45, 7) is 8.47. The Kier molecular flexibility index (Phi) is 6.85. The summed E-state index contributed by atoms with van der Waals surface area (Å²) in [7, 11) is 1.89. The standard InChI is InChI=1S/C16H27N3O2/c1-5-8-21-15-10-13(17)9-14(11-15)18(4)12-16(20)19(6-2)7-3/h9-11H,5-8,12,17H2,1-4H3. The Labute approximate surface area is 127 Å². The Hall–Kier alpha value is -1.91. The molecule has 0 radical (unpaired) electrons. The molecule has 0 heterocycles. The van der Waals surface area contributed by atoms with Crippen LogP contribution in [-0.4, -0.2) is 44.1 Å². The number of amides is 1. The van der Waals surface area contributed by atoms with E-state index >= 15 is 0 Å². The smallest absolute Gasteiger partial charge is 0.242 e. The van der Waals surface area contributed by atoms with Crippen LogP contribution in [0, 0.1) is 0 Å². The van der Waals surface area contributed by atoms with Gasteiger partial charge in [-0.2, -0.15) is 0 Å². The van der Waals surface area contributed by atoms with Crippen molar-refractivity contribution in [2.45, 2.75) is 27.2 Å². The van der Waals surface area contributed by atoms with Gasteiger partial charge in [0.2, 0.25) is 5.91 Å². The second-order valence-electron chi connectivity index (χ2n) is 5.03. The Morgan fingerprint density at radius 2 is 1.86 bits per heavy atom. The molecule has 0 aromatic heterocycles. The largest absolute Gasteiger partial charge is 0.493 e. The second-order valence-corrected chi connectivity index (χ2v) is 5.03. The van der Waals surface area contributed by atoms with Crippen molar-refractivity contribution in [2.24, 2.45) is 0 Å². The van der Waals surface area contributed by atoms with E-state index in [0.29, 0.717) is 18.8 Å².